The van der Waals surface area contributed by atoms with Gasteiger partial charge in [0.15, 0.2) is 0 Å². The van der Waals surface area contributed by atoms with Crippen LogP contribution in [-0.4, -0.2) is 37.1 Å². The highest BCUT2D eigenvalue weighted by Crippen LogP contribution is 2.21. The Hall–Kier alpha value is -3.82. The summed E-state index contributed by atoms with van der Waals surface area (Å²) in [6.07, 6.45) is 1.26. The predicted octanol–water partition coefficient (Wildman–Crippen LogP) is 1.59. The number of aromatic hydroxyl groups is 1. The number of hydrazone groups is 1. The molecular formula is C16H14N6O4. The van der Waals surface area contributed by atoms with Gasteiger partial charge in [0, 0.05) is 24.1 Å². The SMILES string of the molecule is O=C(CCn1nnc2ccccc21)NN=Cc1cc([N+](=O)[O-])ccc1O. The molecule has 0 fully saturated rings. The van der Waals surface area contributed by atoms with E-state index >= 15 is 0 Å². The lowest BCUT2D eigenvalue weighted by Gasteiger charge is -2.02. The molecule has 0 aliphatic heterocycles. The second-order valence-corrected chi connectivity index (χ2v) is 5.34. The molecule has 2 aromatic carbocycles. The Morgan fingerprint density at radius 2 is 2.15 bits per heavy atom. The van der Waals surface area contributed by atoms with Crippen LogP contribution < -0.4 is 5.43 Å². The molecule has 0 radical (unpaired) electrons. The minimum absolute atomic E-state index is 0.117. The van der Waals surface area contributed by atoms with Crippen molar-refractivity contribution in [3.05, 3.63) is 58.1 Å². The molecule has 0 saturated carbocycles. The van der Waals surface area contributed by atoms with E-state index in [1.807, 2.05) is 24.3 Å². The Bertz CT molecular complexity index is 997. The average molecular weight is 354 g/mol. The maximum atomic E-state index is 11.9. The van der Waals surface area contributed by atoms with Gasteiger partial charge in [0.05, 0.1) is 23.2 Å². The van der Waals surface area contributed by atoms with Crippen molar-refractivity contribution in [2.24, 2.45) is 5.10 Å². The first-order valence-electron chi connectivity index (χ1n) is 7.62. The van der Waals surface area contributed by atoms with Gasteiger partial charge in [-0.15, -0.1) is 5.10 Å². The summed E-state index contributed by atoms with van der Waals surface area (Å²) in [6, 6.07) is 10.9. The van der Waals surface area contributed by atoms with Gasteiger partial charge in [-0.2, -0.15) is 5.10 Å². The molecule has 1 amide bonds. The first kappa shape index (κ1) is 17.0. The van der Waals surface area contributed by atoms with E-state index in [1.165, 1.54) is 12.1 Å². The lowest BCUT2D eigenvalue weighted by Crippen LogP contribution is -2.19. The number of phenols is 1. The molecule has 26 heavy (non-hydrogen) atoms. The average Bonchev–Trinajstić information content (AvgIpc) is 3.04. The first-order valence-corrected chi connectivity index (χ1v) is 7.62. The van der Waals surface area contributed by atoms with Gasteiger partial charge < -0.3 is 5.11 Å². The van der Waals surface area contributed by atoms with Crippen molar-refractivity contribution in [3.63, 3.8) is 0 Å². The van der Waals surface area contributed by atoms with Crippen LogP contribution in [0.2, 0.25) is 0 Å². The predicted molar refractivity (Wildman–Crippen MR) is 92.6 cm³/mol. The number of carbonyl (C=O) groups is 1. The summed E-state index contributed by atoms with van der Waals surface area (Å²) in [5.41, 5.74) is 3.81. The summed E-state index contributed by atoms with van der Waals surface area (Å²) in [6.45, 7) is 0.323. The van der Waals surface area contributed by atoms with Gasteiger partial charge >= 0.3 is 0 Å². The Morgan fingerprint density at radius 3 is 2.96 bits per heavy atom. The number of nitrogens with one attached hydrogen (secondary N) is 1. The lowest BCUT2D eigenvalue weighted by atomic mass is 10.2. The highest BCUT2D eigenvalue weighted by atomic mass is 16.6. The van der Waals surface area contributed by atoms with Crippen molar-refractivity contribution in [3.8, 4) is 5.75 Å². The van der Waals surface area contributed by atoms with Crippen LogP contribution in [-0.2, 0) is 11.3 Å². The highest BCUT2D eigenvalue weighted by molar-refractivity contribution is 5.86. The van der Waals surface area contributed by atoms with Gasteiger partial charge in [0.25, 0.3) is 5.69 Å². The van der Waals surface area contributed by atoms with Crippen molar-refractivity contribution in [2.75, 3.05) is 0 Å². The van der Waals surface area contributed by atoms with E-state index < -0.39 is 4.92 Å². The van der Waals surface area contributed by atoms with E-state index in [0.717, 1.165) is 23.3 Å². The Morgan fingerprint density at radius 1 is 1.35 bits per heavy atom. The zero-order valence-electron chi connectivity index (χ0n) is 13.4. The molecule has 10 nitrogen and oxygen atoms in total. The number of nitro benzene ring substituents is 1. The van der Waals surface area contributed by atoms with Crippen LogP contribution in [0, 0.1) is 10.1 Å². The quantitative estimate of drug-likeness (QED) is 0.392. The number of aryl methyl sites for hydroxylation is 1. The van der Waals surface area contributed by atoms with Crippen molar-refractivity contribution in [1.82, 2.24) is 20.4 Å². The van der Waals surface area contributed by atoms with Crippen LogP contribution in [0.3, 0.4) is 0 Å². The van der Waals surface area contributed by atoms with Crippen LogP contribution in [0.1, 0.15) is 12.0 Å². The van der Waals surface area contributed by atoms with Crippen molar-refractivity contribution < 1.29 is 14.8 Å². The van der Waals surface area contributed by atoms with E-state index in [-0.39, 0.29) is 29.3 Å². The Labute approximate surface area is 146 Å². The maximum Gasteiger partial charge on any atom is 0.270 e. The van der Waals surface area contributed by atoms with Crippen molar-refractivity contribution in [2.45, 2.75) is 13.0 Å². The summed E-state index contributed by atoms with van der Waals surface area (Å²) >= 11 is 0. The summed E-state index contributed by atoms with van der Waals surface area (Å²) in [5, 5.41) is 32.1. The number of non-ortho nitro benzene ring substituents is 1. The number of rotatable bonds is 6. The van der Waals surface area contributed by atoms with Crippen LogP contribution in [0.5, 0.6) is 5.75 Å². The largest absolute Gasteiger partial charge is 0.507 e. The smallest absolute Gasteiger partial charge is 0.270 e. The Kier molecular flexibility index (Phi) is 4.83. The molecule has 1 heterocycles. The maximum absolute atomic E-state index is 11.9. The topological polar surface area (TPSA) is 136 Å². The normalized spacial score (nSPS) is 11.1. The van der Waals surface area contributed by atoms with Crippen LogP contribution in [0.15, 0.2) is 47.6 Å². The fourth-order valence-electron chi connectivity index (χ4n) is 2.28. The monoisotopic (exact) mass is 354 g/mol. The molecule has 0 atom stereocenters. The molecule has 3 rings (SSSR count). The fourth-order valence-corrected chi connectivity index (χ4v) is 2.28. The second kappa shape index (κ2) is 7.38. The molecule has 3 aromatic rings. The number of para-hydroxylation sites is 1. The summed E-state index contributed by atoms with van der Waals surface area (Å²) in [7, 11) is 0. The molecule has 0 saturated heterocycles. The minimum Gasteiger partial charge on any atom is -0.507 e. The van der Waals surface area contributed by atoms with E-state index in [4.69, 9.17) is 0 Å². The van der Waals surface area contributed by atoms with Crippen molar-refractivity contribution in [1.29, 1.82) is 0 Å². The van der Waals surface area contributed by atoms with Crippen LogP contribution >= 0.6 is 0 Å². The molecule has 0 bridgehead atoms. The van der Waals surface area contributed by atoms with E-state index in [2.05, 4.69) is 20.8 Å². The number of nitrogens with zero attached hydrogens (tertiary/aromatic N) is 5. The highest BCUT2D eigenvalue weighted by Gasteiger charge is 2.09. The fraction of sp³-hybridized carbons (Fsp3) is 0.125. The third-order valence-electron chi connectivity index (χ3n) is 3.59. The number of phenolic OH excluding ortho intramolecular Hbond substituents is 1. The third-order valence-corrected chi connectivity index (χ3v) is 3.59. The molecule has 132 valence electrons. The molecule has 0 spiro atoms. The zero-order chi connectivity index (χ0) is 18.5. The molecule has 0 aliphatic carbocycles. The van der Waals surface area contributed by atoms with Gasteiger partial charge in [-0.1, -0.05) is 17.3 Å². The molecule has 0 unspecified atom stereocenters. The van der Waals surface area contributed by atoms with Gasteiger partial charge in [-0.3, -0.25) is 14.9 Å². The standard InChI is InChI=1S/C16H14N6O4/c23-15-6-5-12(22(25)26)9-11(15)10-17-19-16(24)7-8-21-14-4-2-1-3-13(14)18-20-21/h1-6,9-10,23H,7-8H2,(H,19,24). The molecule has 10 heteroatoms. The van der Waals surface area contributed by atoms with E-state index in [0.29, 0.717) is 6.54 Å². The number of hydrogen-bond acceptors (Lipinski definition) is 7. The number of nitro groups is 1. The second-order valence-electron chi connectivity index (χ2n) is 5.34. The lowest BCUT2D eigenvalue weighted by molar-refractivity contribution is -0.384. The number of carbonyl (C=O) groups excluding carboxylic acids is 1. The molecule has 2 N–H and O–H groups in total. The number of benzene rings is 2. The van der Waals surface area contributed by atoms with E-state index in [9.17, 15) is 20.0 Å². The molecule has 1 aromatic heterocycles. The van der Waals surface area contributed by atoms with Gasteiger partial charge in [-0.05, 0) is 18.2 Å². The number of hydrogen-bond donors (Lipinski definition) is 2. The summed E-state index contributed by atoms with van der Waals surface area (Å²) < 4.78 is 1.62. The number of amides is 1. The Balaban J connectivity index is 1.58. The first-order chi connectivity index (χ1) is 12.5. The number of fused-ring (bicyclic) bond motifs is 1. The summed E-state index contributed by atoms with van der Waals surface area (Å²) in [4.78, 5) is 22.0. The molecule has 0 aliphatic rings. The molecular weight excluding hydrogens is 340 g/mol. The van der Waals surface area contributed by atoms with Crippen LogP contribution in [0.4, 0.5) is 5.69 Å². The van der Waals surface area contributed by atoms with Gasteiger partial charge in [0.1, 0.15) is 11.3 Å². The third kappa shape index (κ3) is 3.80. The number of aromatic nitrogens is 3. The zero-order valence-corrected chi connectivity index (χ0v) is 13.4. The van der Waals surface area contributed by atoms with Gasteiger partial charge in [-0.25, -0.2) is 10.1 Å². The van der Waals surface area contributed by atoms with Crippen LogP contribution in [0.25, 0.3) is 11.0 Å². The summed E-state index contributed by atoms with van der Waals surface area (Å²) in [5.74, 6) is -0.548. The minimum atomic E-state index is -0.586. The van der Waals surface area contributed by atoms with Gasteiger partial charge in [0.2, 0.25) is 5.91 Å². The van der Waals surface area contributed by atoms with E-state index in [1.54, 1.807) is 4.68 Å². The van der Waals surface area contributed by atoms with Crippen molar-refractivity contribution >= 4 is 28.8 Å².